The fourth-order valence-electron chi connectivity index (χ4n) is 4.62. The minimum Gasteiger partial charge on any atom is -0.463 e. The van der Waals surface area contributed by atoms with E-state index in [-0.39, 0.29) is 17.5 Å². The average Bonchev–Trinajstić information content (AvgIpc) is 2.92. The highest BCUT2D eigenvalue weighted by molar-refractivity contribution is 6.67. The van der Waals surface area contributed by atoms with Crippen LogP contribution in [-0.2, 0) is 19.1 Å². The Hall–Kier alpha value is -2.92. The number of allylic oxidation sites excluding steroid dienone is 1. The number of carbonyl (C=O) groups excluding carboxylic acids is 2. The maximum absolute atomic E-state index is 13.0. The van der Waals surface area contributed by atoms with E-state index in [4.69, 9.17) is 9.47 Å². The molecular weight excluding hydrogens is 476 g/mol. The van der Waals surface area contributed by atoms with Crippen molar-refractivity contribution < 1.29 is 19.1 Å². The second kappa shape index (κ2) is 17.5. The molecule has 2 unspecified atom stereocenters. The first-order valence-electron chi connectivity index (χ1n) is 13.7. The van der Waals surface area contributed by atoms with Crippen LogP contribution in [0.5, 0.6) is 0 Å². The summed E-state index contributed by atoms with van der Waals surface area (Å²) < 4.78 is 11.1. The van der Waals surface area contributed by atoms with Crippen molar-refractivity contribution >= 4 is 20.7 Å². The van der Waals surface area contributed by atoms with Gasteiger partial charge in [-0.25, -0.2) is 9.59 Å². The summed E-state index contributed by atoms with van der Waals surface area (Å²) in [4.78, 5) is 24.8. The summed E-state index contributed by atoms with van der Waals surface area (Å²) in [5, 5.41) is 0. The standard InChI is InChI=1S/C32H44O4Si/c1-5-8-17-27(7-3)24-36-32(34)26(4)25-37(23-15-22-35-30(33)16-6-2)31(28-18-11-9-12-19-28)29-20-13-10-14-21-29/h6,9-14,16,18-21,25,27,31,37H,5,7-8,15,17,22-24H2,1-4H3. The van der Waals surface area contributed by atoms with Crippen LogP contribution in [0.3, 0.4) is 0 Å². The first-order valence-corrected chi connectivity index (χ1v) is 15.9. The van der Waals surface area contributed by atoms with Crippen molar-refractivity contribution in [1.29, 1.82) is 0 Å². The number of hydrogen-bond acceptors (Lipinski definition) is 4. The van der Waals surface area contributed by atoms with Gasteiger partial charge in [0.15, 0.2) is 0 Å². The molecule has 0 spiro atoms. The van der Waals surface area contributed by atoms with Crippen molar-refractivity contribution in [3.63, 3.8) is 0 Å². The van der Waals surface area contributed by atoms with E-state index in [1.165, 1.54) is 17.2 Å². The fraction of sp³-hybridized carbons (Fsp3) is 0.438. The molecule has 2 aromatic carbocycles. The molecule has 0 amide bonds. The van der Waals surface area contributed by atoms with E-state index in [0.29, 0.717) is 24.7 Å². The summed E-state index contributed by atoms with van der Waals surface area (Å²) in [7, 11) is -1.74. The van der Waals surface area contributed by atoms with Crippen LogP contribution in [0.1, 0.15) is 76.5 Å². The predicted octanol–water partition coefficient (Wildman–Crippen LogP) is 7.34. The number of esters is 2. The topological polar surface area (TPSA) is 52.6 Å². The van der Waals surface area contributed by atoms with Gasteiger partial charge in [0, 0.05) is 17.2 Å². The van der Waals surface area contributed by atoms with Gasteiger partial charge in [-0.2, -0.15) is 0 Å². The van der Waals surface area contributed by atoms with Crippen LogP contribution in [-0.4, -0.2) is 33.9 Å². The van der Waals surface area contributed by atoms with Crippen molar-refractivity contribution in [3.05, 3.63) is 95.2 Å². The van der Waals surface area contributed by atoms with Gasteiger partial charge in [0.25, 0.3) is 0 Å². The third-order valence-electron chi connectivity index (χ3n) is 6.75. The molecule has 2 rings (SSSR count). The van der Waals surface area contributed by atoms with Gasteiger partial charge in [0.2, 0.25) is 0 Å². The summed E-state index contributed by atoms with van der Waals surface area (Å²) in [6, 6.07) is 21.9. The second-order valence-corrected chi connectivity index (χ2v) is 12.5. The van der Waals surface area contributed by atoms with Gasteiger partial charge in [-0.3, -0.25) is 0 Å². The number of benzene rings is 2. The van der Waals surface area contributed by atoms with Gasteiger partial charge in [-0.05, 0) is 43.7 Å². The molecule has 0 aromatic heterocycles. The second-order valence-electron chi connectivity index (χ2n) is 9.64. The Morgan fingerprint density at radius 1 is 0.919 bits per heavy atom. The third kappa shape index (κ3) is 10.9. The van der Waals surface area contributed by atoms with E-state index >= 15 is 0 Å². The molecule has 0 fully saturated rings. The van der Waals surface area contributed by atoms with Gasteiger partial charge in [-0.15, -0.1) is 0 Å². The van der Waals surface area contributed by atoms with E-state index < -0.39 is 8.80 Å². The largest absolute Gasteiger partial charge is 0.463 e. The van der Waals surface area contributed by atoms with Gasteiger partial charge in [-0.1, -0.05) is 112 Å². The maximum atomic E-state index is 13.0. The van der Waals surface area contributed by atoms with Gasteiger partial charge in [0.1, 0.15) is 0 Å². The van der Waals surface area contributed by atoms with E-state index in [1.54, 1.807) is 13.0 Å². The molecule has 0 radical (unpaired) electrons. The Bertz CT molecular complexity index is 945. The van der Waals surface area contributed by atoms with E-state index in [0.717, 1.165) is 38.1 Å². The first kappa shape index (κ1) is 30.3. The first-order chi connectivity index (χ1) is 18.0. The highest BCUT2D eigenvalue weighted by Gasteiger charge is 2.26. The summed E-state index contributed by atoms with van der Waals surface area (Å²) in [6.07, 6.45) is 8.30. The minimum atomic E-state index is -1.74. The maximum Gasteiger partial charge on any atom is 0.332 e. The summed E-state index contributed by atoms with van der Waals surface area (Å²) in [5.74, 6) is -0.114. The molecule has 0 bridgehead atoms. The summed E-state index contributed by atoms with van der Waals surface area (Å²) in [5.41, 5.74) is 5.58. The fourth-order valence-corrected chi connectivity index (χ4v) is 8.17. The minimum absolute atomic E-state index is 0.198. The third-order valence-corrected chi connectivity index (χ3v) is 10.4. The Kier molecular flexibility index (Phi) is 14.3. The van der Waals surface area contributed by atoms with Crippen LogP contribution in [0.2, 0.25) is 6.04 Å². The molecule has 0 heterocycles. The highest BCUT2D eigenvalue weighted by Crippen LogP contribution is 2.31. The van der Waals surface area contributed by atoms with Crippen molar-refractivity contribution in [2.24, 2.45) is 5.92 Å². The number of carbonyl (C=O) groups is 2. The normalized spacial score (nSPS) is 13.5. The molecule has 2 atom stereocenters. The number of ether oxygens (including phenoxy) is 2. The van der Waals surface area contributed by atoms with Crippen LogP contribution >= 0.6 is 0 Å². The molecule has 37 heavy (non-hydrogen) atoms. The Labute approximate surface area is 225 Å². The molecule has 4 nitrogen and oxygen atoms in total. The molecule has 0 saturated carbocycles. The molecule has 0 saturated heterocycles. The number of unbranched alkanes of at least 4 members (excludes halogenated alkanes) is 1. The lowest BCUT2D eigenvalue weighted by Gasteiger charge is -2.26. The van der Waals surface area contributed by atoms with Crippen molar-refractivity contribution in [2.45, 2.75) is 71.4 Å². The lowest BCUT2D eigenvalue weighted by atomic mass is 10.0. The zero-order valence-electron chi connectivity index (χ0n) is 23.0. The smallest absolute Gasteiger partial charge is 0.332 e. The van der Waals surface area contributed by atoms with Crippen LogP contribution < -0.4 is 0 Å². The van der Waals surface area contributed by atoms with Crippen molar-refractivity contribution in [3.8, 4) is 0 Å². The molecule has 5 heteroatoms. The van der Waals surface area contributed by atoms with Gasteiger partial charge >= 0.3 is 11.9 Å². The number of rotatable bonds is 16. The van der Waals surface area contributed by atoms with Gasteiger partial charge in [0.05, 0.1) is 22.0 Å². The zero-order chi connectivity index (χ0) is 26.9. The monoisotopic (exact) mass is 520 g/mol. The zero-order valence-corrected chi connectivity index (χ0v) is 24.2. The van der Waals surface area contributed by atoms with Crippen LogP contribution in [0.4, 0.5) is 0 Å². The lowest BCUT2D eigenvalue weighted by Crippen LogP contribution is -2.25. The van der Waals surface area contributed by atoms with Crippen LogP contribution in [0, 0.1) is 5.92 Å². The van der Waals surface area contributed by atoms with E-state index in [1.807, 2.05) is 19.1 Å². The van der Waals surface area contributed by atoms with Crippen molar-refractivity contribution in [2.75, 3.05) is 13.2 Å². The quantitative estimate of drug-likeness (QED) is 0.101. The van der Waals surface area contributed by atoms with Crippen molar-refractivity contribution in [1.82, 2.24) is 0 Å². The Morgan fingerprint density at radius 3 is 2.08 bits per heavy atom. The van der Waals surface area contributed by atoms with E-state index in [9.17, 15) is 9.59 Å². The Morgan fingerprint density at radius 2 is 1.54 bits per heavy atom. The van der Waals surface area contributed by atoms with Crippen LogP contribution in [0.15, 0.2) is 84.1 Å². The Balaban J connectivity index is 2.27. The summed E-state index contributed by atoms with van der Waals surface area (Å²) >= 11 is 0. The van der Waals surface area contributed by atoms with Crippen LogP contribution in [0.25, 0.3) is 0 Å². The molecular formula is C32H44O4Si. The van der Waals surface area contributed by atoms with Gasteiger partial charge < -0.3 is 9.47 Å². The van der Waals surface area contributed by atoms with E-state index in [2.05, 4.69) is 68.1 Å². The highest BCUT2D eigenvalue weighted by atomic mass is 28.3. The molecule has 0 aliphatic heterocycles. The molecule has 200 valence electrons. The number of hydrogen-bond donors (Lipinski definition) is 0. The SMILES string of the molecule is CC=CC(=O)OCCC[SiH](C=C(C)C(=O)OCC(CC)CCCC)C(c1ccccc1)c1ccccc1. The molecule has 2 aromatic rings. The predicted molar refractivity (Wildman–Crippen MR) is 155 cm³/mol. The molecule has 0 N–H and O–H groups in total. The molecule has 0 aliphatic carbocycles. The molecule has 0 aliphatic rings. The average molecular weight is 521 g/mol. The summed E-state index contributed by atoms with van der Waals surface area (Å²) in [6.45, 7) is 8.88. The lowest BCUT2D eigenvalue weighted by molar-refractivity contribution is -0.140.